The molecule has 0 atom stereocenters. The van der Waals surface area contributed by atoms with Gasteiger partial charge in [-0.15, -0.1) is 0 Å². The summed E-state index contributed by atoms with van der Waals surface area (Å²) in [6, 6.07) is 10.2. The Hall–Kier alpha value is -2.41. The van der Waals surface area contributed by atoms with Crippen LogP contribution in [0.15, 0.2) is 42.5 Å². The van der Waals surface area contributed by atoms with Gasteiger partial charge in [-0.3, -0.25) is 4.79 Å². The van der Waals surface area contributed by atoms with Crippen LogP contribution >= 0.6 is 11.6 Å². The maximum absolute atomic E-state index is 13.0. The number of carbonyl (C=O) groups is 1. The number of hydrogen-bond acceptors (Lipinski definition) is 3. The lowest BCUT2D eigenvalue weighted by Crippen LogP contribution is -2.18. The van der Waals surface area contributed by atoms with Crippen LogP contribution in [0, 0.1) is 0 Å². The zero-order valence-corrected chi connectivity index (χ0v) is 14.0. The van der Waals surface area contributed by atoms with Gasteiger partial charge in [-0.05, 0) is 30.3 Å². The molecule has 0 bridgehead atoms. The summed E-state index contributed by atoms with van der Waals surface area (Å²) in [6.07, 6.45) is -4.53. The number of benzene rings is 2. The number of alkyl halides is 3. The van der Waals surface area contributed by atoms with Crippen molar-refractivity contribution in [3.05, 3.63) is 53.1 Å². The molecule has 0 aliphatic rings. The van der Waals surface area contributed by atoms with E-state index in [9.17, 15) is 18.0 Å². The van der Waals surface area contributed by atoms with E-state index >= 15 is 0 Å². The van der Waals surface area contributed by atoms with Crippen molar-refractivity contribution < 1.29 is 22.7 Å². The van der Waals surface area contributed by atoms with Crippen LogP contribution in [0.5, 0.6) is 5.75 Å². The van der Waals surface area contributed by atoms with Gasteiger partial charge in [0.1, 0.15) is 5.75 Å². The third-order valence-corrected chi connectivity index (χ3v) is 3.54. The molecular formula is C17H16ClF3N2O2. The zero-order valence-electron chi connectivity index (χ0n) is 13.3. The van der Waals surface area contributed by atoms with Crippen LogP contribution in [0.2, 0.25) is 5.02 Å². The van der Waals surface area contributed by atoms with Crippen molar-refractivity contribution in [2.24, 2.45) is 0 Å². The highest BCUT2D eigenvalue weighted by molar-refractivity contribution is 6.30. The molecule has 0 fully saturated rings. The molecule has 8 heteroatoms. The van der Waals surface area contributed by atoms with Crippen LogP contribution < -0.4 is 15.4 Å². The molecule has 0 unspecified atom stereocenters. The maximum atomic E-state index is 13.0. The van der Waals surface area contributed by atoms with Crippen molar-refractivity contribution in [2.75, 3.05) is 24.3 Å². The van der Waals surface area contributed by atoms with Crippen molar-refractivity contribution in [1.29, 1.82) is 0 Å². The average molecular weight is 373 g/mol. The molecule has 0 aliphatic carbocycles. The number of rotatable bonds is 6. The Kier molecular flexibility index (Phi) is 6.14. The molecule has 0 spiro atoms. The van der Waals surface area contributed by atoms with Crippen LogP contribution in [0.1, 0.15) is 12.0 Å². The second-order valence-corrected chi connectivity index (χ2v) is 5.58. The third kappa shape index (κ3) is 5.56. The van der Waals surface area contributed by atoms with E-state index < -0.39 is 11.7 Å². The fraction of sp³-hybridized carbons (Fsp3) is 0.235. The summed E-state index contributed by atoms with van der Waals surface area (Å²) in [5.41, 5.74) is -0.439. The van der Waals surface area contributed by atoms with Crippen LogP contribution in [0.3, 0.4) is 0 Å². The normalized spacial score (nSPS) is 11.1. The maximum Gasteiger partial charge on any atom is 0.418 e. The van der Waals surface area contributed by atoms with E-state index in [-0.39, 0.29) is 29.6 Å². The SMILES string of the molecule is COc1cccc(NC(=O)CCNc2ccc(Cl)cc2C(F)(F)F)c1. The standard InChI is InChI=1S/C17H16ClF3N2O2/c1-25-13-4-2-3-12(10-13)23-16(24)7-8-22-15-6-5-11(18)9-14(15)17(19,20)21/h2-6,9-10,22H,7-8H2,1H3,(H,23,24). The number of anilines is 2. The second-order valence-electron chi connectivity index (χ2n) is 5.14. The molecule has 2 rings (SSSR count). The highest BCUT2D eigenvalue weighted by atomic mass is 35.5. The van der Waals surface area contributed by atoms with Crippen LogP contribution in [0.4, 0.5) is 24.5 Å². The van der Waals surface area contributed by atoms with E-state index in [0.29, 0.717) is 11.4 Å². The topological polar surface area (TPSA) is 50.4 Å². The van der Waals surface area contributed by atoms with E-state index in [1.807, 2.05) is 0 Å². The van der Waals surface area contributed by atoms with Crippen molar-refractivity contribution >= 4 is 28.9 Å². The lowest BCUT2D eigenvalue weighted by atomic mass is 10.1. The first-order chi connectivity index (χ1) is 11.8. The van der Waals surface area contributed by atoms with E-state index in [0.717, 1.165) is 6.07 Å². The molecule has 0 aliphatic heterocycles. The highest BCUT2D eigenvalue weighted by Crippen LogP contribution is 2.36. The Bertz CT molecular complexity index is 751. The summed E-state index contributed by atoms with van der Waals surface area (Å²) in [5.74, 6) is 0.259. The Balaban J connectivity index is 1.93. The summed E-state index contributed by atoms with van der Waals surface area (Å²) in [7, 11) is 1.51. The number of methoxy groups -OCH3 is 1. The predicted molar refractivity (Wildman–Crippen MR) is 91.2 cm³/mol. The molecule has 0 radical (unpaired) electrons. The van der Waals surface area contributed by atoms with E-state index in [2.05, 4.69) is 10.6 Å². The minimum Gasteiger partial charge on any atom is -0.497 e. The summed E-state index contributed by atoms with van der Waals surface area (Å²) in [5, 5.41) is 5.27. The summed E-state index contributed by atoms with van der Waals surface area (Å²) < 4.78 is 44.0. The Morgan fingerprint density at radius 2 is 1.96 bits per heavy atom. The predicted octanol–water partition coefficient (Wildman–Crippen LogP) is 4.81. The first kappa shape index (κ1) is 18.9. The van der Waals surface area contributed by atoms with Gasteiger partial charge in [0.2, 0.25) is 5.91 Å². The van der Waals surface area contributed by atoms with Gasteiger partial charge in [-0.25, -0.2) is 0 Å². The number of ether oxygens (including phenoxy) is 1. The number of amides is 1. The van der Waals surface area contributed by atoms with Gasteiger partial charge in [-0.2, -0.15) is 13.2 Å². The van der Waals surface area contributed by atoms with E-state index in [4.69, 9.17) is 16.3 Å². The molecule has 0 saturated carbocycles. The molecule has 25 heavy (non-hydrogen) atoms. The fourth-order valence-electron chi connectivity index (χ4n) is 2.14. The van der Waals surface area contributed by atoms with Crippen molar-refractivity contribution in [2.45, 2.75) is 12.6 Å². The molecule has 0 heterocycles. The van der Waals surface area contributed by atoms with Crippen molar-refractivity contribution in [3.63, 3.8) is 0 Å². The lowest BCUT2D eigenvalue weighted by molar-refractivity contribution is -0.137. The van der Waals surface area contributed by atoms with Crippen molar-refractivity contribution in [1.82, 2.24) is 0 Å². The van der Waals surface area contributed by atoms with Gasteiger partial charge in [-0.1, -0.05) is 17.7 Å². The van der Waals surface area contributed by atoms with Gasteiger partial charge >= 0.3 is 6.18 Å². The van der Waals surface area contributed by atoms with Crippen molar-refractivity contribution in [3.8, 4) is 5.75 Å². The summed E-state index contributed by atoms with van der Waals surface area (Å²) in [6.45, 7) is 0.0422. The van der Waals surface area contributed by atoms with Crippen LogP contribution in [-0.2, 0) is 11.0 Å². The first-order valence-corrected chi connectivity index (χ1v) is 7.72. The molecule has 1 amide bonds. The molecule has 2 N–H and O–H groups in total. The molecule has 2 aromatic rings. The molecule has 2 aromatic carbocycles. The minimum atomic E-state index is -4.53. The van der Waals surface area contributed by atoms with Gasteiger partial charge in [0.15, 0.2) is 0 Å². The summed E-state index contributed by atoms with van der Waals surface area (Å²) in [4.78, 5) is 11.9. The van der Waals surface area contributed by atoms with Crippen LogP contribution in [-0.4, -0.2) is 19.6 Å². The number of halogens is 4. The molecular weight excluding hydrogens is 357 g/mol. The average Bonchev–Trinajstić information content (AvgIpc) is 2.55. The lowest BCUT2D eigenvalue weighted by Gasteiger charge is -2.15. The number of carbonyl (C=O) groups excluding carboxylic acids is 1. The Labute approximate surface area is 147 Å². The van der Waals surface area contributed by atoms with Gasteiger partial charge < -0.3 is 15.4 Å². The molecule has 134 valence electrons. The Morgan fingerprint density at radius 3 is 2.64 bits per heavy atom. The fourth-order valence-corrected chi connectivity index (χ4v) is 2.31. The quantitative estimate of drug-likeness (QED) is 0.765. The number of nitrogens with one attached hydrogen (secondary N) is 2. The minimum absolute atomic E-state index is 0.00284. The summed E-state index contributed by atoms with van der Waals surface area (Å²) >= 11 is 5.62. The van der Waals surface area contributed by atoms with Gasteiger partial charge in [0.25, 0.3) is 0 Å². The van der Waals surface area contributed by atoms with Gasteiger partial charge in [0, 0.05) is 35.4 Å². The smallest absolute Gasteiger partial charge is 0.418 e. The highest BCUT2D eigenvalue weighted by Gasteiger charge is 2.33. The van der Waals surface area contributed by atoms with Crippen LogP contribution in [0.25, 0.3) is 0 Å². The Morgan fingerprint density at radius 1 is 1.20 bits per heavy atom. The zero-order chi connectivity index (χ0) is 18.4. The number of hydrogen-bond donors (Lipinski definition) is 2. The molecule has 4 nitrogen and oxygen atoms in total. The van der Waals surface area contributed by atoms with E-state index in [1.165, 1.54) is 19.2 Å². The molecule has 0 saturated heterocycles. The molecule has 0 aromatic heterocycles. The first-order valence-electron chi connectivity index (χ1n) is 7.34. The monoisotopic (exact) mass is 372 g/mol. The van der Waals surface area contributed by atoms with E-state index in [1.54, 1.807) is 24.3 Å². The third-order valence-electron chi connectivity index (χ3n) is 3.31. The van der Waals surface area contributed by atoms with Gasteiger partial charge in [0.05, 0.1) is 12.7 Å². The largest absolute Gasteiger partial charge is 0.497 e. The second kappa shape index (κ2) is 8.11.